The number of carbonyl (C=O) groups is 2. The summed E-state index contributed by atoms with van der Waals surface area (Å²) in [4.78, 5) is 29.0. The van der Waals surface area contributed by atoms with Crippen molar-refractivity contribution >= 4 is 39.5 Å². The Hall–Kier alpha value is -1.79. The number of nitrogens with zero attached hydrogens (tertiary/aromatic N) is 1. The Morgan fingerprint density at radius 2 is 1.74 bits per heavy atom. The molecule has 4 nitrogen and oxygen atoms in total. The topological polar surface area (TPSA) is 49.4 Å². The number of benzene rings is 2. The fraction of sp³-hybridized carbons (Fsp3) is 0.440. The molecule has 3 rings (SSSR count). The number of hydrogen-bond donors (Lipinski definition) is 1. The van der Waals surface area contributed by atoms with E-state index in [1.165, 1.54) is 6.42 Å². The zero-order valence-corrected chi connectivity index (χ0v) is 20.5. The lowest BCUT2D eigenvalue weighted by atomic mass is 9.95. The first-order valence-corrected chi connectivity index (χ1v) is 12.8. The zero-order valence-electron chi connectivity index (χ0n) is 18.1. The monoisotopic (exact) mass is 502 g/mol. The lowest BCUT2D eigenvalue weighted by molar-refractivity contribution is -0.140. The Labute approximate surface area is 198 Å². The third-order valence-electron chi connectivity index (χ3n) is 5.71. The van der Waals surface area contributed by atoms with Gasteiger partial charge in [0.2, 0.25) is 11.8 Å². The second-order valence-corrected chi connectivity index (χ2v) is 10.2. The molecular weight excluding hydrogens is 472 g/mol. The molecule has 2 aromatic carbocycles. The Bertz CT molecular complexity index is 838. The van der Waals surface area contributed by atoms with Crippen LogP contribution in [0.3, 0.4) is 0 Å². The first kappa shape index (κ1) is 23.9. The highest BCUT2D eigenvalue weighted by Crippen LogP contribution is 2.21. The molecule has 166 valence electrons. The van der Waals surface area contributed by atoms with Crippen LogP contribution in [0.1, 0.15) is 51.0 Å². The minimum atomic E-state index is -0.500. The molecule has 6 heteroatoms. The molecule has 1 atom stereocenters. The lowest BCUT2D eigenvalue weighted by Crippen LogP contribution is -2.50. The summed E-state index contributed by atoms with van der Waals surface area (Å²) in [7, 11) is 0. The number of thioether (sulfide) groups is 1. The van der Waals surface area contributed by atoms with Gasteiger partial charge in [0.15, 0.2) is 0 Å². The predicted molar refractivity (Wildman–Crippen MR) is 131 cm³/mol. The molecule has 0 spiro atoms. The van der Waals surface area contributed by atoms with Crippen LogP contribution in [0, 0.1) is 0 Å². The Morgan fingerprint density at radius 3 is 2.42 bits per heavy atom. The lowest BCUT2D eigenvalue weighted by Gasteiger charge is -2.31. The fourth-order valence-corrected chi connectivity index (χ4v) is 4.98. The van der Waals surface area contributed by atoms with Crippen molar-refractivity contribution in [1.29, 1.82) is 0 Å². The quantitative estimate of drug-likeness (QED) is 0.441. The van der Waals surface area contributed by atoms with Crippen molar-refractivity contribution in [3.63, 3.8) is 0 Å². The highest BCUT2D eigenvalue weighted by molar-refractivity contribution is 9.10. The Kier molecular flexibility index (Phi) is 9.47. The predicted octanol–water partition coefficient (Wildman–Crippen LogP) is 5.80. The van der Waals surface area contributed by atoms with E-state index in [9.17, 15) is 9.59 Å². The smallest absolute Gasteiger partial charge is 0.242 e. The third-order valence-corrected chi connectivity index (χ3v) is 7.26. The van der Waals surface area contributed by atoms with Crippen molar-refractivity contribution in [2.75, 3.05) is 5.75 Å². The van der Waals surface area contributed by atoms with E-state index in [-0.39, 0.29) is 17.9 Å². The molecule has 2 aromatic rings. The van der Waals surface area contributed by atoms with Crippen LogP contribution in [-0.2, 0) is 16.1 Å². The third kappa shape index (κ3) is 7.69. The molecule has 1 aliphatic carbocycles. The molecule has 2 amide bonds. The molecule has 0 bridgehead atoms. The standard InChI is InChI=1S/C25H31BrN2O2S/c1-19(25(30)27-22-8-4-2-5-9-22)28(18-20-12-14-21(26)15-13-20)24(29)16-17-31-23-10-6-3-7-11-23/h3,6-7,10-15,19,22H,2,4-5,8-9,16-18H2,1H3,(H,27,30). The number of carbonyl (C=O) groups excluding carboxylic acids is 2. The van der Waals surface area contributed by atoms with Gasteiger partial charge in [0.25, 0.3) is 0 Å². The Morgan fingerprint density at radius 1 is 1.06 bits per heavy atom. The molecule has 1 unspecified atom stereocenters. The van der Waals surface area contributed by atoms with Crippen LogP contribution in [-0.4, -0.2) is 34.6 Å². The molecule has 1 N–H and O–H groups in total. The van der Waals surface area contributed by atoms with Crippen molar-refractivity contribution in [3.05, 3.63) is 64.6 Å². The summed E-state index contributed by atoms with van der Waals surface area (Å²) in [6.07, 6.45) is 6.04. The van der Waals surface area contributed by atoms with Crippen LogP contribution in [0.5, 0.6) is 0 Å². The first-order chi connectivity index (χ1) is 15.0. The van der Waals surface area contributed by atoms with Crippen molar-refractivity contribution in [1.82, 2.24) is 10.2 Å². The number of hydrogen-bond acceptors (Lipinski definition) is 3. The molecule has 1 fully saturated rings. The fourth-order valence-electron chi connectivity index (χ4n) is 3.85. The normalized spacial score (nSPS) is 15.3. The minimum absolute atomic E-state index is 0.0117. The highest BCUT2D eigenvalue weighted by atomic mass is 79.9. The van der Waals surface area contributed by atoms with Gasteiger partial charge in [-0.3, -0.25) is 9.59 Å². The van der Waals surface area contributed by atoms with Crippen molar-refractivity contribution in [2.45, 2.75) is 69.0 Å². The van der Waals surface area contributed by atoms with Crippen LogP contribution < -0.4 is 5.32 Å². The van der Waals surface area contributed by atoms with E-state index in [0.717, 1.165) is 40.6 Å². The van der Waals surface area contributed by atoms with E-state index < -0.39 is 6.04 Å². The molecule has 0 radical (unpaired) electrons. The van der Waals surface area contributed by atoms with Gasteiger partial charge in [-0.2, -0.15) is 0 Å². The maximum absolute atomic E-state index is 13.2. The number of halogens is 1. The van der Waals surface area contributed by atoms with Crippen LogP contribution in [0.4, 0.5) is 0 Å². The first-order valence-electron chi connectivity index (χ1n) is 11.0. The van der Waals surface area contributed by atoms with Crippen molar-refractivity contribution in [3.8, 4) is 0 Å². The zero-order chi connectivity index (χ0) is 22.1. The van der Waals surface area contributed by atoms with Crippen LogP contribution in [0.2, 0.25) is 0 Å². The van der Waals surface area contributed by atoms with Gasteiger partial charge < -0.3 is 10.2 Å². The van der Waals surface area contributed by atoms with Crippen LogP contribution in [0.15, 0.2) is 64.0 Å². The molecular formula is C25H31BrN2O2S. The molecule has 0 aromatic heterocycles. The van der Waals surface area contributed by atoms with Gasteiger partial charge in [-0.25, -0.2) is 0 Å². The van der Waals surface area contributed by atoms with Crippen LogP contribution >= 0.6 is 27.7 Å². The molecule has 0 heterocycles. The summed E-state index contributed by atoms with van der Waals surface area (Å²) in [6.45, 7) is 2.28. The average Bonchev–Trinajstić information content (AvgIpc) is 2.79. The van der Waals surface area contributed by atoms with Gasteiger partial charge in [0.1, 0.15) is 6.04 Å². The average molecular weight is 504 g/mol. The number of nitrogens with one attached hydrogen (secondary N) is 1. The van der Waals surface area contributed by atoms with Gasteiger partial charge in [0, 0.05) is 34.1 Å². The van der Waals surface area contributed by atoms with E-state index in [1.54, 1.807) is 16.7 Å². The van der Waals surface area contributed by atoms with Crippen LogP contribution in [0.25, 0.3) is 0 Å². The van der Waals surface area contributed by atoms with Gasteiger partial charge in [-0.05, 0) is 49.6 Å². The summed E-state index contributed by atoms with van der Waals surface area (Å²) in [6, 6.07) is 17.8. The van der Waals surface area contributed by atoms with Gasteiger partial charge in [0.05, 0.1) is 0 Å². The molecule has 31 heavy (non-hydrogen) atoms. The maximum Gasteiger partial charge on any atom is 0.242 e. The van der Waals surface area contributed by atoms with Gasteiger partial charge >= 0.3 is 0 Å². The highest BCUT2D eigenvalue weighted by Gasteiger charge is 2.27. The molecule has 0 aliphatic heterocycles. The van der Waals surface area contributed by atoms with E-state index in [4.69, 9.17) is 0 Å². The van der Waals surface area contributed by atoms with Crippen molar-refractivity contribution in [2.24, 2.45) is 0 Å². The SMILES string of the molecule is CC(C(=O)NC1CCCCC1)N(Cc1ccc(Br)cc1)C(=O)CCSc1ccccc1. The number of amides is 2. The maximum atomic E-state index is 13.2. The van der Waals surface area contributed by atoms with E-state index >= 15 is 0 Å². The molecule has 1 aliphatic rings. The molecule has 1 saturated carbocycles. The van der Waals surface area contributed by atoms with E-state index in [0.29, 0.717) is 18.7 Å². The second kappa shape index (κ2) is 12.3. The van der Waals surface area contributed by atoms with E-state index in [1.807, 2.05) is 49.4 Å². The van der Waals surface area contributed by atoms with E-state index in [2.05, 4.69) is 33.4 Å². The molecule has 0 saturated heterocycles. The Balaban J connectivity index is 1.64. The largest absolute Gasteiger partial charge is 0.352 e. The summed E-state index contributed by atoms with van der Waals surface area (Å²) in [5.41, 5.74) is 1.02. The summed E-state index contributed by atoms with van der Waals surface area (Å²) >= 11 is 5.13. The summed E-state index contributed by atoms with van der Waals surface area (Å²) < 4.78 is 0.997. The minimum Gasteiger partial charge on any atom is -0.352 e. The summed E-state index contributed by atoms with van der Waals surface area (Å²) in [5.74, 6) is 0.655. The van der Waals surface area contributed by atoms with Gasteiger partial charge in [-0.1, -0.05) is 65.5 Å². The second-order valence-electron chi connectivity index (χ2n) is 8.08. The van der Waals surface area contributed by atoms with Gasteiger partial charge in [-0.15, -0.1) is 11.8 Å². The van der Waals surface area contributed by atoms with Crippen molar-refractivity contribution < 1.29 is 9.59 Å². The number of rotatable bonds is 9. The summed E-state index contributed by atoms with van der Waals surface area (Å²) in [5, 5.41) is 3.19.